The van der Waals surface area contributed by atoms with E-state index in [0.717, 1.165) is 56.9 Å². The fraction of sp³-hybridized carbons (Fsp3) is 0.250. The van der Waals surface area contributed by atoms with Gasteiger partial charge in [-0.25, -0.2) is 102 Å². The third-order valence-corrected chi connectivity index (χ3v) is 12.1. The van der Waals surface area contributed by atoms with E-state index in [4.69, 9.17) is 9.47 Å². The highest BCUT2D eigenvalue weighted by Gasteiger charge is 2.52. The number of unbranched alkanes of at least 4 members (excludes halogenated alkanes) is 6. The maximum absolute atomic E-state index is 15.4. The van der Waals surface area contributed by atoms with E-state index in [1.807, 2.05) is 65.5 Å². The molecule has 0 fully saturated rings. The van der Waals surface area contributed by atoms with Gasteiger partial charge in [-0.15, -0.1) is 21.9 Å². The smallest absolute Gasteiger partial charge is 0.346 e. The molecule has 0 aliphatic rings. The van der Waals surface area contributed by atoms with Crippen LogP contribution in [0.4, 0.5) is 87.8 Å². The molecule has 0 aliphatic carbocycles. The molecule has 78 heavy (non-hydrogen) atoms. The highest BCUT2D eigenvalue weighted by Crippen LogP contribution is 2.31. The molecule has 26 heteroatoms. The molecular formula is C52H38BF20NO4. The molecule has 5 nitrogen and oxygen atoms in total. The predicted octanol–water partition coefficient (Wildman–Crippen LogP) is 11.5. The minimum Gasteiger partial charge on any atom is -0.462 e. The number of nitrogens with zero attached hydrogens (tertiary/aromatic N) is 1. The Balaban J connectivity index is 0.000000302. The van der Waals surface area contributed by atoms with E-state index in [2.05, 4.69) is 13.8 Å². The summed E-state index contributed by atoms with van der Waals surface area (Å²) in [6, 6.07) is 15.3. The molecule has 0 aliphatic heterocycles. The third-order valence-electron chi connectivity index (χ3n) is 12.1. The number of benzene rings is 5. The van der Waals surface area contributed by atoms with Crippen molar-refractivity contribution in [1.29, 1.82) is 0 Å². The summed E-state index contributed by atoms with van der Waals surface area (Å²) < 4.78 is 307. The van der Waals surface area contributed by atoms with E-state index < -0.39 is 156 Å². The van der Waals surface area contributed by atoms with Crippen LogP contribution in [0, 0.1) is 116 Å². The molecule has 6 aromatic rings. The van der Waals surface area contributed by atoms with Crippen LogP contribution in [0.2, 0.25) is 0 Å². The van der Waals surface area contributed by atoms with Crippen molar-refractivity contribution in [2.75, 3.05) is 13.2 Å². The Bertz CT molecular complexity index is 2830. The normalized spacial score (nSPS) is 11.4. The summed E-state index contributed by atoms with van der Waals surface area (Å²) in [7, 11) is 0. The quantitative estimate of drug-likeness (QED) is 0.00775. The Morgan fingerprint density at radius 2 is 0.641 bits per heavy atom. The van der Waals surface area contributed by atoms with Crippen molar-refractivity contribution < 1.29 is 111 Å². The lowest BCUT2D eigenvalue weighted by atomic mass is 9.12. The number of aromatic nitrogens is 1. The second-order valence-corrected chi connectivity index (χ2v) is 17.0. The summed E-state index contributed by atoms with van der Waals surface area (Å²) in [5, 5.41) is 0. The van der Waals surface area contributed by atoms with Crippen LogP contribution >= 0.6 is 0 Å². The number of hydrogen-bond acceptors (Lipinski definition) is 4. The first-order chi connectivity index (χ1) is 36.9. The van der Waals surface area contributed by atoms with Crippen LogP contribution in [-0.4, -0.2) is 31.3 Å². The minimum absolute atomic E-state index is 0.0106. The van der Waals surface area contributed by atoms with Gasteiger partial charge >= 0.3 is 11.9 Å². The van der Waals surface area contributed by atoms with Crippen LogP contribution in [0.15, 0.2) is 66.5 Å². The Morgan fingerprint density at radius 3 is 0.923 bits per heavy atom. The van der Waals surface area contributed by atoms with E-state index in [1.165, 1.54) is 0 Å². The lowest BCUT2D eigenvalue weighted by Gasteiger charge is -2.44. The van der Waals surface area contributed by atoms with Gasteiger partial charge in [0, 0.05) is 17.7 Å². The zero-order chi connectivity index (χ0) is 58.1. The molecule has 0 atom stereocenters. The van der Waals surface area contributed by atoms with Gasteiger partial charge in [-0.2, -0.15) is 0 Å². The number of esters is 2. The van der Waals surface area contributed by atoms with Crippen LogP contribution in [-0.2, 0) is 25.6 Å². The Kier molecular flexibility index (Phi) is 20.7. The van der Waals surface area contributed by atoms with Gasteiger partial charge < -0.3 is 9.47 Å². The van der Waals surface area contributed by atoms with Crippen molar-refractivity contribution in [3.05, 3.63) is 188 Å². The minimum atomic E-state index is -7.22. The van der Waals surface area contributed by atoms with E-state index in [-0.39, 0.29) is 5.57 Å². The fourth-order valence-corrected chi connectivity index (χ4v) is 8.41. The summed E-state index contributed by atoms with van der Waals surface area (Å²) in [5.74, 6) is -72.6. The van der Waals surface area contributed by atoms with Crippen LogP contribution in [0.25, 0.3) is 5.57 Å². The highest BCUT2D eigenvalue weighted by atomic mass is 19.2. The second-order valence-electron chi connectivity index (χ2n) is 17.0. The van der Waals surface area contributed by atoms with Crippen molar-refractivity contribution in [2.45, 2.75) is 71.8 Å². The first-order valence-electron chi connectivity index (χ1n) is 23.2. The van der Waals surface area contributed by atoms with Gasteiger partial charge in [-0.1, -0.05) is 88.8 Å². The number of halogens is 20. The maximum atomic E-state index is 15.4. The Morgan fingerprint density at radius 1 is 0.372 bits per heavy atom. The zero-order valence-electron chi connectivity index (χ0n) is 40.3. The fourth-order valence-electron chi connectivity index (χ4n) is 8.41. The van der Waals surface area contributed by atoms with Gasteiger partial charge in [-0.3, -0.25) is 0 Å². The molecule has 418 valence electrons. The van der Waals surface area contributed by atoms with Gasteiger partial charge in [0.15, 0.2) is 94.3 Å². The number of rotatable bonds is 19. The van der Waals surface area contributed by atoms with Gasteiger partial charge in [0.05, 0.1) is 13.2 Å². The van der Waals surface area contributed by atoms with Gasteiger partial charge in [0.2, 0.25) is 0 Å². The number of carbonyl (C=O) groups is 2. The number of carbonyl (C=O) groups excluding carboxylic acids is 2. The molecule has 0 saturated carbocycles. The summed E-state index contributed by atoms with van der Waals surface area (Å²) in [4.78, 5) is 26.3. The number of allylic oxidation sites excluding steroid dienone is 1. The standard InChI is InChI=1S/C28H38NO4.C24BF20/c1-3-5-7-15-21-32-27(30)26(28(31)33-22-16-8-6-4-2)25(24-17-11-9-12-18-24)23-29-19-13-10-14-20-29;26-5-1(6(27)14(35)21(42)13(5)34)25(2-7(28)15(36)22(43)16(37)8(2)29,3-9(30)17(38)23(44)18(39)10(3)31)4-11(32)19(40)24(45)20(41)12(4)33/h9-14,17-20H,3-8,15-16,21-23H2,1-2H3;/q+1;-1. The number of ether oxygens (including phenoxy) is 2. The van der Waals surface area contributed by atoms with E-state index >= 15 is 35.1 Å². The summed E-state index contributed by atoms with van der Waals surface area (Å²) in [6.07, 6.45) is 4.57. The topological polar surface area (TPSA) is 56.5 Å². The van der Waals surface area contributed by atoms with Crippen molar-refractivity contribution in [3.63, 3.8) is 0 Å². The van der Waals surface area contributed by atoms with Crippen LogP contribution in [0.3, 0.4) is 0 Å². The van der Waals surface area contributed by atoms with Crippen molar-refractivity contribution in [1.82, 2.24) is 0 Å². The molecular weight excluding hydrogens is 1090 g/mol. The van der Waals surface area contributed by atoms with Crippen LogP contribution in [0.1, 0.15) is 70.8 Å². The number of pyridine rings is 1. The lowest BCUT2D eigenvalue weighted by Crippen LogP contribution is -2.81. The first kappa shape index (κ1) is 61.4. The van der Waals surface area contributed by atoms with E-state index in [0.29, 0.717) is 25.3 Å². The molecule has 0 spiro atoms. The first-order valence-corrected chi connectivity index (χ1v) is 23.2. The Labute approximate surface area is 429 Å². The molecule has 0 unspecified atom stereocenters. The Hall–Kier alpha value is -7.41. The largest absolute Gasteiger partial charge is 0.462 e. The van der Waals surface area contributed by atoms with Crippen molar-refractivity contribution in [2.24, 2.45) is 0 Å². The summed E-state index contributed by atoms with van der Waals surface area (Å²) in [5.41, 5.74) is -12.9. The highest BCUT2D eigenvalue weighted by molar-refractivity contribution is 7.20. The summed E-state index contributed by atoms with van der Waals surface area (Å²) >= 11 is 0. The van der Waals surface area contributed by atoms with E-state index in [1.54, 1.807) is 0 Å². The van der Waals surface area contributed by atoms with Crippen molar-refractivity contribution >= 4 is 45.5 Å². The number of hydrogen-bond donors (Lipinski definition) is 0. The zero-order valence-corrected chi connectivity index (χ0v) is 40.3. The third kappa shape index (κ3) is 11.9. The molecule has 1 aromatic heterocycles. The average molecular weight is 1130 g/mol. The molecule has 1 heterocycles. The van der Waals surface area contributed by atoms with Gasteiger partial charge in [0.1, 0.15) is 52.7 Å². The van der Waals surface area contributed by atoms with Crippen molar-refractivity contribution in [3.8, 4) is 0 Å². The molecule has 0 radical (unpaired) electrons. The van der Waals surface area contributed by atoms with Crippen LogP contribution < -0.4 is 26.4 Å². The van der Waals surface area contributed by atoms with E-state index in [9.17, 15) is 62.3 Å². The van der Waals surface area contributed by atoms with Gasteiger partial charge in [0.25, 0.3) is 0 Å². The molecule has 6 rings (SSSR count). The van der Waals surface area contributed by atoms with Crippen LogP contribution in [0.5, 0.6) is 0 Å². The van der Waals surface area contributed by atoms with Gasteiger partial charge in [-0.05, 0) is 18.4 Å². The predicted molar refractivity (Wildman–Crippen MR) is 239 cm³/mol. The summed E-state index contributed by atoms with van der Waals surface area (Å²) in [6.45, 7) is 5.23. The molecule has 0 saturated heterocycles. The molecule has 0 amide bonds. The molecule has 5 aromatic carbocycles. The molecule has 0 N–H and O–H groups in total. The SMILES string of the molecule is CCCCCCOC(=O)C(C(=O)OCCCCCC)=C(C[n+]1ccccc1)c1ccccc1.Fc1c(F)c(F)c([B-](c2c(F)c(F)c(F)c(F)c2F)(c2c(F)c(F)c(F)c(F)c2F)c2c(F)c(F)c(F)c(F)c2F)c(F)c1F. The monoisotopic (exact) mass is 1130 g/mol. The lowest BCUT2D eigenvalue weighted by molar-refractivity contribution is -0.684. The molecule has 0 bridgehead atoms. The average Bonchev–Trinajstić information content (AvgIpc) is 3.62. The maximum Gasteiger partial charge on any atom is 0.346 e. The second kappa shape index (κ2) is 26.3.